The van der Waals surface area contributed by atoms with Crippen LogP contribution in [-0.2, 0) is 9.59 Å². The molecule has 1 saturated heterocycles. The van der Waals surface area contributed by atoms with Gasteiger partial charge in [0.1, 0.15) is 11.5 Å². The summed E-state index contributed by atoms with van der Waals surface area (Å²) in [5.74, 6) is 0.582. The van der Waals surface area contributed by atoms with Crippen LogP contribution in [0.4, 0.5) is 0 Å². The lowest BCUT2D eigenvalue weighted by atomic mass is 9.90. The molecule has 0 saturated carbocycles. The molecule has 1 heterocycles. The molecule has 0 aromatic heterocycles. The number of benzene rings is 2. The maximum absolute atomic E-state index is 12.9. The van der Waals surface area contributed by atoms with Gasteiger partial charge in [-0.15, -0.1) is 0 Å². The first-order chi connectivity index (χ1) is 13.5. The second-order valence-electron chi connectivity index (χ2n) is 6.95. The van der Waals surface area contributed by atoms with Crippen LogP contribution in [0.25, 0.3) is 0 Å². The molecule has 1 fully saturated rings. The van der Waals surface area contributed by atoms with E-state index in [4.69, 9.17) is 10.5 Å². The molecule has 2 aromatic carbocycles. The van der Waals surface area contributed by atoms with Crippen LogP contribution < -0.4 is 10.5 Å². The highest BCUT2D eigenvalue weighted by Gasteiger charge is 2.29. The molecule has 28 heavy (non-hydrogen) atoms. The number of hydrogen-bond acceptors (Lipinski definition) is 4. The third-order valence-corrected chi connectivity index (χ3v) is 4.85. The van der Waals surface area contributed by atoms with Gasteiger partial charge in [0.2, 0.25) is 11.8 Å². The van der Waals surface area contributed by atoms with Crippen LogP contribution in [0.2, 0.25) is 0 Å². The van der Waals surface area contributed by atoms with E-state index in [0.29, 0.717) is 24.4 Å². The van der Waals surface area contributed by atoms with Crippen molar-refractivity contribution in [2.45, 2.75) is 25.7 Å². The van der Waals surface area contributed by atoms with Crippen molar-refractivity contribution >= 4 is 17.6 Å². The second kappa shape index (κ2) is 9.17. The van der Waals surface area contributed by atoms with Crippen LogP contribution in [0.3, 0.4) is 0 Å². The highest BCUT2D eigenvalue weighted by atomic mass is 16.5. The molecule has 1 aliphatic heterocycles. The lowest BCUT2D eigenvalue weighted by Crippen LogP contribution is -2.42. The zero-order valence-corrected chi connectivity index (χ0v) is 15.7. The van der Waals surface area contributed by atoms with Crippen molar-refractivity contribution in [2.24, 2.45) is 11.7 Å². The Bertz CT molecular complexity index is 833. The number of ketones is 1. The number of para-hydroxylation sites is 1. The third kappa shape index (κ3) is 5.19. The van der Waals surface area contributed by atoms with E-state index in [1.807, 2.05) is 30.3 Å². The van der Waals surface area contributed by atoms with Gasteiger partial charge in [0.05, 0.1) is 0 Å². The third-order valence-electron chi connectivity index (χ3n) is 4.85. The first-order valence-electron chi connectivity index (χ1n) is 9.46. The summed E-state index contributed by atoms with van der Waals surface area (Å²) in [6.07, 6.45) is 1.66. The van der Waals surface area contributed by atoms with E-state index in [0.717, 1.165) is 18.6 Å². The molecule has 0 aliphatic carbocycles. The Kier molecular flexibility index (Phi) is 6.42. The van der Waals surface area contributed by atoms with Crippen molar-refractivity contribution in [3.63, 3.8) is 0 Å². The number of carbonyl (C=O) groups is 3. The SMILES string of the molecule is NC(=O)CCC(=O)N1CCC[C@@H](C(=O)c2ccc(Oc3ccccc3)cc2)C1. The molecule has 1 atom stereocenters. The Morgan fingerprint density at radius 3 is 2.32 bits per heavy atom. The van der Waals surface area contributed by atoms with E-state index < -0.39 is 5.91 Å². The van der Waals surface area contributed by atoms with Gasteiger partial charge in [-0.05, 0) is 49.2 Å². The number of rotatable bonds is 7. The van der Waals surface area contributed by atoms with Gasteiger partial charge in [0.25, 0.3) is 0 Å². The molecule has 2 aromatic rings. The highest BCUT2D eigenvalue weighted by Crippen LogP contribution is 2.25. The fraction of sp³-hybridized carbons (Fsp3) is 0.318. The molecule has 0 radical (unpaired) electrons. The molecule has 146 valence electrons. The van der Waals surface area contributed by atoms with E-state index in [1.54, 1.807) is 29.2 Å². The summed E-state index contributed by atoms with van der Waals surface area (Å²) in [7, 11) is 0. The van der Waals surface area contributed by atoms with E-state index in [9.17, 15) is 14.4 Å². The Morgan fingerprint density at radius 2 is 1.64 bits per heavy atom. The molecule has 0 unspecified atom stereocenters. The van der Waals surface area contributed by atoms with E-state index in [1.165, 1.54) is 0 Å². The number of carbonyl (C=O) groups excluding carboxylic acids is 3. The van der Waals surface area contributed by atoms with Crippen molar-refractivity contribution in [1.82, 2.24) is 4.90 Å². The molecule has 2 N–H and O–H groups in total. The summed E-state index contributed by atoms with van der Waals surface area (Å²) < 4.78 is 5.75. The topological polar surface area (TPSA) is 89.7 Å². The number of nitrogens with zero attached hydrogens (tertiary/aromatic N) is 1. The minimum absolute atomic E-state index is 0.0265. The fourth-order valence-electron chi connectivity index (χ4n) is 3.35. The molecule has 2 amide bonds. The summed E-state index contributed by atoms with van der Waals surface area (Å²) in [5.41, 5.74) is 5.72. The van der Waals surface area contributed by atoms with Gasteiger partial charge in [-0.25, -0.2) is 0 Å². The number of likely N-dealkylation sites (tertiary alicyclic amines) is 1. The molecular formula is C22H24N2O4. The molecule has 3 rings (SSSR count). The van der Waals surface area contributed by atoms with Crippen molar-refractivity contribution in [1.29, 1.82) is 0 Å². The summed E-state index contributed by atoms with van der Waals surface area (Å²) >= 11 is 0. The van der Waals surface area contributed by atoms with Crippen molar-refractivity contribution in [3.8, 4) is 11.5 Å². The van der Waals surface area contributed by atoms with Gasteiger partial charge < -0.3 is 15.4 Å². The first kappa shape index (κ1) is 19.6. The number of amides is 2. The molecule has 6 nitrogen and oxygen atoms in total. The highest BCUT2D eigenvalue weighted by molar-refractivity contribution is 5.98. The lowest BCUT2D eigenvalue weighted by molar-refractivity contribution is -0.134. The Labute approximate surface area is 164 Å². The molecule has 0 bridgehead atoms. The fourth-order valence-corrected chi connectivity index (χ4v) is 3.35. The molecular weight excluding hydrogens is 356 g/mol. The number of hydrogen-bond donors (Lipinski definition) is 1. The number of nitrogens with two attached hydrogens (primary N) is 1. The van der Waals surface area contributed by atoms with Gasteiger partial charge in [-0.3, -0.25) is 14.4 Å². The number of ether oxygens (including phenoxy) is 1. The first-order valence-corrected chi connectivity index (χ1v) is 9.46. The lowest BCUT2D eigenvalue weighted by Gasteiger charge is -2.32. The number of Topliss-reactive ketones (excluding diaryl/α,β-unsaturated/α-hetero) is 1. The van der Waals surface area contributed by atoms with Crippen LogP contribution in [0, 0.1) is 5.92 Å². The van der Waals surface area contributed by atoms with Gasteiger partial charge in [0, 0.05) is 37.4 Å². The zero-order chi connectivity index (χ0) is 19.9. The van der Waals surface area contributed by atoms with E-state index >= 15 is 0 Å². The zero-order valence-electron chi connectivity index (χ0n) is 15.7. The smallest absolute Gasteiger partial charge is 0.223 e. The summed E-state index contributed by atoms with van der Waals surface area (Å²) in [4.78, 5) is 37.6. The minimum Gasteiger partial charge on any atom is -0.457 e. The van der Waals surface area contributed by atoms with Gasteiger partial charge in [-0.2, -0.15) is 0 Å². The monoisotopic (exact) mass is 380 g/mol. The largest absolute Gasteiger partial charge is 0.457 e. The maximum Gasteiger partial charge on any atom is 0.223 e. The molecule has 1 aliphatic rings. The summed E-state index contributed by atoms with van der Waals surface area (Å²) in [6, 6.07) is 16.5. The summed E-state index contributed by atoms with van der Waals surface area (Å²) in [5, 5.41) is 0. The molecule has 0 spiro atoms. The predicted molar refractivity (Wildman–Crippen MR) is 105 cm³/mol. The minimum atomic E-state index is -0.490. The van der Waals surface area contributed by atoms with Crippen molar-refractivity contribution < 1.29 is 19.1 Å². The number of piperidine rings is 1. The second-order valence-corrected chi connectivity index (χ2v) is 6.95. The van der Waals surface area contributed by atoms with Crippen LogP contribution >= 0.6 is 0 Å². The average molecular weight is 380 g/mol. The molecule has 6 heteroatoms. The van der Waals surface area contributed by atoms with Crippen LogP contribution in [0.5, 0.6) is 11.5 Å². The predicted octanol–water partition coefficient (Wildman–Crippen LogP) is 3.17. The van der Waals surface area contributed by atoms with Gasteiger partial charge in [-0.1, -0.05) is 18.2 Å². The Morgan fingerprint density at radius 1 is 0.964 bits per heavy atom. The van der Waals surface area contributed by atoms with Gasteiger partial charge in [0.15, 0.2) is 5.78 Å². The van der Waals surface area contributed by atoms with Gasteiger partial charge >= 0.3 is 0 Å². The maximum atomic E-state index is 12.9. The van der Waals surface area contributed by atoms with E-state index in [-0.39, 0.29) is 30.4 Å². The average Bonchev–Trinajstić information content (AvgIpc) is 2.73. The van der Waals surface area contributed by atoms with Crippen molar-refractivity contribution in [3.05, 3.63) is 60.2 Å². The van der Waals surface area contributed by atoms with Crippen molar-refractivity contribution in [2.75, 3.05) is 13.1 Å². The Balaban J connectivity index is 1.59. The van der Waals surface area contributed by atoms with E-state index in [2.05, 4.69) is 0 Å². The Hall–Kier alpha value is -3.15. The standard InChI is InChI=1S/C22H24N2O4/c23-20(25)12-13-21(26)24-14-4-5-17(15-24)22(27)16-8-10-19(11-9-16)28-18-6-2-1-3-7-18/h1-3,6-11,17H,4-5,12-15H2,(H2,23,25)/t17-/m1/s1. The van der Waals surface area contributed by atoms with Crippen LogP contribution in [0.15, 0.2) is 54.6 Å². The normalized spacial score (nSPS) is 16.4. The summed E-state index contributed by atoms with van der Waals surface area (Å²) in [6.45, 7) is 1.00. The quantitative estimate of drug-likeness (QED) is 0.747. The van der Waals surface area contributed by atoms with Crippen LogP contribution in [-0.4, -0.2) is 35.6 Å². The van der Waals surface area contributed by atoms with Crippen LogP contribution in [0.1, 0.15) is 36.0 Å². The number of primary amides is 1.